The van der Waals surface area contributed by atoms with Gasteiger partial charge in [0, 0.05) is 49.4 Å². The fourth-order valence-electron chi connectivity index (χ4n) is 5.00. The standard InChI is InChI=1S/C25H32N6O2S/c26-19-4-1-2-5-20(19)27-23-16-18-22(34-23)17-21(28-24(18)29-8-12-32-13-9-29)25(30-6-3-7-30)31-10-14-33-15-11-31/h1-2,4-5,16-17,25,27H,3,6-15,26H2. The number of aromatic nitrogens is 1. The van der Waals surface area contributed by atoms with E-state index in [1.54, 1.807) is 11.3 Å². The molecule has 0 bridgehead atoms. The van der Waals surface area contributed by atoms with E-state index in [1.165, 1.54) is 16.5 Å². The highest BCUT2D eigenvalue weighted by Gasteiger charge is 2.33. The van der Waals surface area contributed by atoms with Crippen LogP contribution in [0.5, 0.6) is 0 Å². The fourth-order valence-corrected chi connectivity index (χ4v) is 6.02. The summed E-state index contributed by atoms with van der Waals surface area (Å²) in [7, 11) is 0. The zero-order valence-corrected chi connectivity index (χ0v) is 20.2. The normalized spacial score (nSPS) is 20.9. The van der Waals surface area contributed by atoms with E-state index in [0.29, 0.717) is 0 Å². The summed E-state index contributed by atoms with van der Waals surface area (Å²) in [5.74, 6) is 1.07. The Kier molecular flexibility index (Phi) is 6.28. The molecular weight excluding hydrogens is 448 g/mol. The molecule has 3 N–H and O–H groups in total. The first-order chi connectivity index (χ1) is 16.8. The summed E-state index contributed by atoms with van der Waals surface area (Å²) in [4.78, 5) is 12.8. The quantitative estimate of drug-likeness (QED) is 0.519. The number of nitrogens with one attached hydrogen (secondary N) is 1. The molecule has 9 heteroatoms. The first-order valence-electron chi connectivity index (χ1n) is 12.2. The Morgan fingerprint density at radius 2 is 1.62 bits per heavy atom. The van der Waals surface area contributed by atoms with E-state index in [-0.39, 0.29) is 6.17 Å². The lowest BCUT2D eigenvalue weighted by Gasteiger charge is -2.45. The van der Waals surface area contributed by atoms with Gasteiger partial charge >= 0.3 is 0 Å². The predicted octanol–water partition coefficient (Wildman–Crippen LogP) is 3.50. The van der Waals surface area contributed by atoms with Gasteiger partial charge in [0.05, 0.1) is 48.5 Å². The minimum atomic E-state index is 0.199. The Morgan fingerprint density at radius 1 is 0.912 bits per heavy atom. The molecule has 3 aliphatic rings. The van der Waals surface area contributed by atoms with Gasteiger partial charge in [-0.1, -0.05) is 12.1 Å². The second-order valence-electron chi connectivity index (χ2n) is 9.12. The highest BCUT2D eigenvalue weighted by atomic mass is 32.1. The van der Waals surface area contributed by atoms with Crippen molar-refractivity contribution in [3.63, 3.8) is 0 Å². The Bertz CT molecular complexity index is 1140. The van der Waals surface area contributed by atoms with Crippen molar-refractivity contribution < 1.29 is 9.47 Å². The molecule has 180 valence electrons. The van der Waals surface area contributed by atoms with Crippen LogP contribution in [0.25, 0.3) is 10.1 Å². The number of benzene rings is 1. The molecule has 1 atom stereocenters. The zero-order valence-electron chi connectivity index (χ0n) is 19.4. The number of ether oxygens (including phenoxy) is 2. The molecule has 1 unspecified atom stereocenters. The minimum Gasteiger partial charge on any atom is -0.397 e. The van der Waals surface area contributed by atoms with Crippen LogP contribution in [0.4, 0.5) is 22.2 Å². The van der Waals surface area contributed by atoms with Gasteiger partial charge in [0.15, 0.2) is 0 Å². The summed E-state index contributed by atoms with van der Waals surface area (Å²) in [6.07, 6.45) is 1.45. The predicted molar refractivity (Wildman–Crippen MR) is 138 cm³/mol. The minimum absolute atomic E-state index is 0.199. The van der Waals surface area contributed by atoms with Crippen LogP contribution in [-0.2, 0) is 9.47 Å². The van der Waals surface area contributed by atoms with Gasteiger partial charge in [0.25, 0.3) is 0 Å². The van der Waals surface area contributed by atoms with Gasteiger partial charge in [-0.15, -0.1) is 11.3 Å². The third-order valence-electron chi connectivity index (χ3n) is 6.94. The van der Waals surface area contributed by atoms with Crippen molar-refractivity contribution in [1.82, 2.24) is 14.8 Å². The maximum Gasteiger partial charge on any atom is 0.137 e. The van der Waals surface area contributed by atoms with Crippen molar-refractivity contribution in [1.29, 1.82) is 0 Å². The lowest BCUT2D eigenvalue weighted by molar-refractivity contribution is -0.0562. The van der Waals surface area contributed by atoms with Gasteiger partial charge in [-0.25, -0.2) is 4.98 Å². The zero-order chi connectivity index (χ0) is 22.9. The summed E-state index contributed by atoms with van der Waals surface area (Å²) in [5, 5.41) is 5.80. The second kappa shape index (κ2) is 9.67. The van der Waals surface area contributed by atoms with Crippen molar-refractivity contribution in [2.75, 3.05) is 81.6 Å². The number of pyridine rings is 1. The van der Waals surface area contributed by atoms with Crippen LogP contribution in [0.1, 0.15) is 18.3 Å². The molecule has 5 heterocycles. The summed E-state index contributed by atoms with van der Waals surface area (Å²) < 4.78 is 12.6. The molecule has 3 fully saturated rings. The van der Waals surface area contributed by atoms with Crippen molar-refractivity contribution in [2.24, 2.45) is 0 Å². The van der Waals surface area contributed by atoms with Crippen molar-refractivity contribution in [2.45, 2.75) is 12.6 Å². The molecule has 3 saturated heterocycles. The molecule has 0 saturated carbocycles. The summed E-state index contributed by atoms with van der Waals surface area (Å²) in [6, 6.07) is 12.4. The van der Waals surface area contributed by atoms with Gasteiger partial charge in [-0.3, -0.25) is 9.80 Å². The molecule has 1 aromatic carbocycles. The highest BCUT2D eigenvalue weighted by molar-refractivity contribution is 7.23. The maximum absolute atomic E-state index is 6.20. The number of para-hydroxylation sites is 2. The molecule has 2 aromatic heterocycles. The number of rotatable bonds is 6. The van der Waals surface area contributed by atoms with Gasteiger partial charge in [0.1, 0.15) is 12.0 Å². The lowest BCUT2D eigenvalue weighted by Crippen LogP contribution is -2.51. The van der Waals surface area contributed by atoms with E-state index in [0.717, 1.165) is 93.6 Å². The monoisotopic (exact) mass is 480 g/mol. The maximum atomic E-state index is 6.20. The molecule has 0 aliphatic carbocycles. The number of likely N-dealkylation sites (tertiary alicyclic amines) is 1. The Hall–Kier alpha value is -2.43. The average Bonchev–Trinajstić information content (AvgIpc) is 3.25. The van der Waals surface area contributed by atoms with E-state index in [1.807, 2.05) is 24.3 Å². The first kappa shape index (κ1) is 22.1. The van der Waals surface area contributed by atoms with Crippen LogP contribution >= 0.6 is 11.3 Å². The van der Waals surface area contributed by atoms with Crippen molar-refractivity contribution in [3.8, 4) is 0 Å². The molecule has 34 heavy (non-hydrogen) atoms. The Labute approximate surface area is 204 Å². The number of nitrogens with zero attached hydrogens (tertiary/aromatic N) is 4. The van der Waals surface area contributed by atoms with Crippen LogP contribution in [-0.4, -0.2) is 80.5 Å². The van der Waals surface area contributed by atoms with E-state index < -0.39 is 0 Å². The van der Waals surface area contributed by atoms with E-state index in [9.17, 15) is 0 Å². The molecule has 3 aromatic rings. The Morgan fingerprint density at radius 3 is 2.32 bits per heavy atom. The van der Waals surface area contributed by atoms with E-state index in [2.05, 4.69) is 32.1 Å². The molecule has 0 radical (unpaired) electrons. The van der Waals surface area contributed by atoms with E-state index >= 15 is 0 Å². The molecule has 3 aliphatic heterocycles. The van der Waals surface area contributed by atoms with Gasteiger partial charge in [0.2, 0.25) is 0 Å². The number of fused-ring (bicyclic) bond motifs is 1. The second-order valence-corrected chi connectivity index (χ2v) is 10.2. The number of hydrogen-bond donors (Lipinski definition) is 2. The topological polar surface area (TPSA) is 79.1 Å². The van der Waals surface area contributed by atoms with Gasteiger partial charge < -0.3 is 25.4 Å². The third kappa shape index (κ3) is 4.34. The SMILES string of the molecule is Nc1ccccc1Nc1cc2c(N3CCOCC3)nc(C(N3CCC3)N3CCOCC3)cc2s1. The number of anilines is 4. The molecular formula is C25H32N6O2S. The van der Waals surface area contributed by atoms with Crippen molar-refractivity contribution >= 4 is 43.6 Å². The average molecular weight is 481 g/mol. The fraction of sp³-hybridized carbons (Fsp3) is 0.480. The number of morpholine rings is 2. The third-order valence-corrected chi connectivity index (χ3v) is 7.94. The summed E-state index contributed by atoms with van der Waals surface area (Å²) in [5.41, 5.74) is 9.02. The number of nitrogens with two attached hydrogens (primary N) is 1. The first-order valence-corrected chi connectivity index (χ1v) is 13.0. The number of hydrogen-bond acceptors (Lipinski definition) is 9. The van der Waals surface area contributed by atoms with E-state index in [4.69, 9.17) is 20.2 Å². The van der Waals surface area contributed by atoms with Crippen LogP contribution in [0.15, 0.2) is 36.4 Å². The smallest absolute Gasteiger partial charge is 0.137 e. The Balaban J connectivity index is 1.42. The lowest BCUT2D eigenvalue weighted by atomic mass is 10.1. The number of thiophene rings is 1. The van der Waals surface area contributed by atoms with Crippen molar-refractivity contribution in [3.05, 3.63) is 42.1 Å². The summed E-state index contributed by atoms with van der Waals surface area (Å²) >= 11 is 1.77. The number of nitrogen functional groups attached to an aromatic ring is 1. The van der Waals surface area contributed by atoms with Gasteiger partial charge in [-0.2, -0.15) is 0 Å². The molecule has 8 nitrogen and oxygen atoms in total. The van der Waals surface area contributed by atoms with Crippen LogP contribution in [0, 0.1) is 0 Å². The van der Waals surface area contributed by atoms with Crippen LogP contribution in [0.2, 0.25) is 0 Å². The highest BCUT2D eigenvalue weighted by Crippen LogP contribution is 2.40. The molecule has 0 amide bonds. The van der Waals surface area contributed by atoms with Crippen LogP contribution < -0.4 is 16.0 Å². The largest absolute Gasteiger partial charge is 0.397 e. The van der Waals surface area contributed by atoms with Gasteiger partial charge in [-0.05, 0) is 30.7 Å². The van der Waals surface area contributed by atoms with Crippen LogP contribution in [0.3, 0.4) is 0 Å². The summed E-state index contributed by atoms with van der Waals surface area (Å²) in [6.45, 7) is 8.91. The molecule has 6 rings (SSSR count). The molecule has 0 spiro atoms.